The molecule has 0 aromatic heterocycles. The normalized spacial score (nSPS) is 10.0. The summed E-state index contributed by atoms with van der Waals surface area (Å²) in [6, 6.07) is 6.20. The Morgan fingerprint density at radius 1 is 1.33 bits per heavy atom. The summed E-state index contributed by atoms with van der Waals surface area (Å²) in [6.07, 6.45) is 0. The molecule has 1 amide bonds. The molecule has 4 nitrogen and oxygen atoms in total. The predicted molar refractivity (Wildman–Crippen MR) is 58.5 cm³/mol. The van der Waals surface area contributed by atoms with Gasteiger partial charge in [-0.15, -0.1) is 0 Å². The van der Waals surface area contributed by atoms with Crippen molar-refractivity contribution >= 4 is 22.3 Å². The van der Waals surface area contributed by atoms with Gasteiger partial charge in [0.05, 0.1) is 10.6 Å². The van der Waals surface area contributed by atoms with E-state index >= 15 is 0 Å². The zero-order valence-electron chi connectivity index (χ0n) is 8.19. The Bertz CT molecular complexity index is 469. The van der Waals surface area contributed by atoms with Gasteiger partial charge < -0.3 is 5.32 Å². The van der Waals surface area contributed by atoms with Crippen LogP contribution in [0, 0.1) is 0 Å². The van der Waals surface area contributed by atoms with Crippen LogP contribution in [0.3, 0.4) is 0 Å². The second kappa shape index (κ2) is 4.75. The number of benzene rings is 1. The Kier molecular flexibility index (Phi) is 3.62. The molecule has 0 aliphatic rings. The fourth-order valence-electron chi connectivity index (χ4n) is 0.968. The van der Waals surface area contributed by atoms with E-state index in [0.29, 0.717) is 5.57 Å². The Morgan fingerprint density at radius 2 is 1.93 bits per heavy atom. The maximum Gasteiger partial charge on any atom is 0.250 e. The van der Waals surface area contributed by atoms with Crippen LogP contribution in [0.1, 0.15) is 6.92 Å². The summed E-state index contributed by atoms with van der Waals surface area (Å²) in [4.78, 5) is 11.4. The number of anilines is 1. The lowest BCUT2D eigenvalue weighted by atomic mass is 10.3. The summed E-state index contributed by atoms with van der Waals surface area (Å²) in [5.41, 5.74) is 0.604. The largest absolute Gasteiger partial charge is 0.321 e. The molecular weight excluding hydrogens is 214 g/mol. The first kappa shape index (κ1) is 11.5. The third-order valence-corrected chi connectivity index (χ3v) is 2.52. The molecule has 15 heavy (non-hydrogen) atoms. The van der Waals surface area contributed by atoms with Gasteiger partial charge in [0.25, 0.3) is 5.91 Å². The molecule has 0 unspecified atom stereocenters. The van der Waals surface area contributed by atoms with E-state index in [1.165, 1.54) is 12.1 Å². The Labute approximate surface area is 89.6 Å². The van der Waals surface area contributed by atoms with E-state index < -0.39 is 10.7 Å². The van der Waals surface area contributed by atoms with Gasteiger partial charge in [-0.3, -0.25) is 4.79 Å². The summed E-state index contributed by atoms with van der Waals surface area (Å²) in [6.45, 7) is 5.01. The molecule has 0 saturated heterocycles. The molecule has 1 aromatic carbocycles. The monoisotopic (exact) mass is 225 g/mol. The molecule has 0 spiro atoms. The predicted octanol–water partition coefficient (Wildman–Crippen LogP) is 1.17. The number of rotatable bonds is 3. The summed E-state index contributed by atoms with van der Waals surface area (Å²) < 4.78 is 21.7. The van der Waals surface area contributed by atoms with Gasteiger partial charge in [-0.2, -0.15) is 0 Å². The average molecular weight is 225 g/mol. The van der Waals surface area contributed by atoms with Crippen LogP contribution in [0.5, 0.6) is 0 Å². The van der Waals surface area contributed by atoms with Crippen molar-refractivity contribution in [2.24, 2.45) is 0 Å². The minimum Gasteiger partial charge on any atom is -0.321 e. The highest BCUT2D eigenvalue weighted by Gasteiger charge is 2.07. The van der Waals surface area contributed by atoms with Crippen LogP contribution in [0.4, 0.5) is 5.69 Å². The minimum absolute atomic E-state index is 0.0992. The van der Waals surface area contributed by atoms with E-state index in [0.717, 1.165) is 0 Å². The van der Waals surface area contributed by atoms with Crippen molar-refractivity contribution in [3.05, 3.63) is 36.4 Å². The van der Waals surface area contributed by atoms with E-state index in [1.807, 2.05) is 0 Å². The molecule has 5 heteroatoms. The molecule has 0 radical (unpaired) electrons. The lowest BCUT2D eigenvalue weighted by Crippen LogP contribution is -2.12. The lowest BCUT2D eigenvalue weighted by molar-refractivity contribution is -0.112. The summed E-state index contributed by atoms with van der Waals surface area (Å²) in [7, 11) is -2.71. The van der Waals surface area contributed by atoms with Gasteiger partial charge in [0.15, 0.2) is 10.7 Å². The van der Waals surface area contributed by atoms with E-state index in [-0.39, 0.29) is 16.5 Å². The molecular formula is C10H11NO3S. The van der Waals surface area contributed by atoms with Crippen molar-refractivity contribution in [3.8, 4) is 0 Å². The number of carbonyl (C=O) groups excluding carboxylic acids is 1. The summed E-state index contributed by atoms with van der Waals surface area (Å²) in [5.74, 6) is -0.390. The fourth-order valence-corrected chi connectivity index (χ4v) is 1.50. The van der Waals surface area contributed by atoms with Crippen molar-refractivity contribution in [2.75, 3.05) is 5.32 Å². The Morgan fingerprint density at radius 3 is 2.47 bits per heavy atom. The molecule has 0 bridgehead atoms. The number of hydrogen-bond donors (Lipinski definition) is 2. The zero-order chi connectivity index (χ0) is 11.4. The van der Waals surface area contributed by atoms with Crippen LogP contribution < -0.4 is 5.32 Å². The molecule has 0 saturated carbocycles. The van der Waals surface area contributed by atoms with Gasteiger partial charge in [-0.05, 0) is 19.1 Å². The number of nitrogens with one attached hydrogen (secondary N) is 1. The van der Waals surface area contributed by atoms with Gasteiger partial charge in [-0.1, -0.05) is 18.7 Å². The number of amides is 1. The molecule has 80 valence electrons. The molecule has 1 rings (SSSR count). The SMILES string of the molecule is C=C(C)C(=O)Nc1ccccc1[SH](=O)=O. The van der Waals surface area contributed by atoms with E-state index in [4.69, 9.17) is 0 Å². The highest BCUT2D eigenvalue weighted by molar-refractivity contribution is 7.72. The van der Waals surface area contributed by atoms with Crippen LogP contribution in [-0.2, 0) is 15.5 Å². The number of para-hydroxylation sites is 1. The Hall–Kier alpha value is -1.62. The van der Waals surface area contributed by atoms with E-state index in [1.54, 1.807) is 19.1 Å². The molecule has 0 fully saturated rings. The van der Waals surface area contributed by atoms with Gasteiger partial charge in [0.2, 0.25) is 0 Å². The van der Waals surface area contributed by atoms with Gasteiger partial charge in [-0.25, -0.2) is 8.42 Å². The van der Waals surface area contributed by atoms with Crippen LogP contribution >= 0.6 is 0 Å². The first-order chi connectivity index (χ1) is 7.02. The van der Waals surface area contributed by atoms with Crippen molar-refractivity contribution < 1.29 is 13.2 Å². The Balaban J connectivity index is 3.04. The second-order valence-electron chi connectivity index (χ2n) is 3.01. The smallest absolute Gasteiger partial charge is 0.250 e. The second-order valence-corrected chi connectivity index (χ2v) is 4.00. The van der Waals surface area contributed by atoms with Gasteiger partial charge in [0, 0.05) is 5.57 Å². The van der Waals surface area contributed by atoms with Crippen LogP contribution in [0.2, 0.25) is 0 Å². The summed E-state index contributed by atoms with van der Waals surface area (Å²) in [5, 5.41) is 2.47. The molecule has 0 aliphatic carbocycles. The zero-order valence-corrected chi connectivity index (χ0v) is 9.08. The van der Waals surface area contributed by atoms with Gasteiger partial charge in [0.1, 0.15) is 0 Å². The van der Waals surface area contributed by atoms with Crippen LogP contribution in [0.25, 0.3) is 0 Å². The molecule has 1 N–H and O–H groups in total. The summed E-state index contributed by atoms with van der Waals surface area (Å²) >= 11 is 0. The maximum absolute atomic E-state index is 11.3. The third-order valence-electron chi connectivity index (χ3n) is 1.74. The van der Waals surface area contributed by atoms with Crippen molar-refractivity contribution in [2.45, 2.75) is 11.8 Å². The minimum atomic E-state index is -2.71. The van der Waals surface area contributed by atoms with Crippen molar-refractivity contribution in [3.63, 3.8) is 0 Å². The van der Waals surface area contributed by atoms with Crippen LogP contribution in [0.15, 0.2) is 41.3 Å². The highest BCUT2D eigenvalue weighted by atomic mass is 32.2. The van der Waals surface area contributed by atoms with E-state index in [9.17, 15) is 13.2 Å². The fraction of sp³-hybridized carbons (Fsp3) is 0.100. The van der Waals surface area contributed by atoms with Gasteiger partial charge >= 0.3 is 0 Å². The lowest BCUT2D eigenvalue weighted by Gasteiger charge is -2.06. The topological polar surface area (TPSA) is 63.2 Å². The first-order valence-corrected chi connectivity index (χ1v) is 5.40. The molecule has 0 aliphatic heterocycles. The first-order valence-electron chi connectivity index (χ1n) is 4.22. The average Bonchev–Trinajstić information content (AvgIpc) is 2.18. The number of thiol groups is 1. The van der Waals surface area contributed by atoms with Crippen LogP contribution in [-0.4, -0.2) is 14.3 Å². The standard InChI is InChI=1S/C10H11NO3S/c1-7(2)10(12)11-8-5-3-4-6-9(8)15(13)14/h3-6,15H,1H2,2H3,(H,11,12). The highest BCUT2D eigenvalue weighted by Crippen LogP contribution is 2.16. The quantitative estimate of drug-likeness (QED) is 0.599. The maximum atomic E-state index is 11.3. The third kappa shape index (κ3) is 2.92. The van der Waals surface area contributed by atoms with E-state index in [2.05, 4.69) is 11.9 Å². The van der Waals surface area contributed by atoms with Crippen molar-refractivity contribution in [1.82, 2.24) is 0 Å². The molecule has 0 heterocycles. The molecule has 1 aromatic rings. The number of carbonyl (C=O) groups is 1. The number of hydrogen-bond acceptors (Lipinski definition) is 3. The molecule has 0 atom stereocenters. The van der Waals surface area contributed by atoms with Crippen molar-refractivity contribution in [1.29, 1.82) is 0 Å².